The average Bonchev–Trinajstić information content (AvgIpc) is 2.97. The van der Waals surface area contributed by atoms with E-state index in [0.717, 1.165) is 32.8 Å². The van der Waals surface area contributed by atoms with Crippen molar-refractivity contribution in [1.82, 2.24) is 5.32 Å². The number of nitrogens with one attached hydrogen (secondary N) is 1. The topological polar surface area (TPSA) is 24.5 Å². The molecule has 0 bridgehead atoms. The molecular formula is C17H28N2O. The summed E-state index contributed by atoms with van der Waals surface area (Å²) in [6.45, 7) is 11.5. The third-order valence-corrected chi connectivity index (χ3v) is 4.17. The minimum Gasteiger partial charge on any atom is -0.381 e. The van der Waals surface area contributed by atoms with Crippen LogP contribution in [0.3, 0.4) is 0 Å². The Hall–Kier alpha value is -1.06. The molecule has 1 aromatic rings. The number of benzene rings is 1. The van der Waals surface area contributed by atoms with Crippen LogP contribution in [0.1, 0.15) is 25.8 Å². The van der Waals surface area contributed by atoms with Crippen molar-refractivity contribution in [2.45, 2.75) is 33.2 Å². The van der Waals surface area contributed by atoms with E-state index >= 15 is 0 Å². The molecule has 1 heterocycles. The minimum absolute atomic E-state index is 0.517. The standard InChI is InChI=1S/C17H28N2O/c1-4-18-17(15-9-10-20-13-15)12-19(5-2)16-8-6-7-14(3)11-16/h6-8,11,15,17-18H,4-5,9-10,12-13H2,1-3H3. The predicted molar refractivity (Wildman–Crippen MR) is 85.5 cm³/mol. The van der Waals surface area contributed by atoms with Gasteiger partial charge in [-0.2, -0.15) is 0 Å². The molecule has 20 heavy (non-hydrogen) atoms. The molecule has 1 aliphatic heterocycles. The van der Waals surface area contributed by atoms with Gasteiger partial charge in [-0.1, -0.05) is 19.1 Å². The Balaban J connectivity index is 2.05. The van der Waals surface area contributed by atoms with Crippen LogP contribution in [0.15, 0.2) is 24.3 Å². The Morgan fingerprint density at radius 2 is 2.25 bits per heavy atom. The van der Waals surface area contributed by atoms with Crippen molar-refractivity contribution in [2.75, 3.05) is 37.7 Å². The van der Waals surface area contributed by atoms with Crippen LogP contribution in [-0.2, 0) is 4.74 Å². The average molecular weight is 276 g/mol. The Morgan fingerprint density at radius 3 is 2.85 bits per heavy atom. The summed E-state index contributed by atoms with van der Waals surface area (Å²) in [6.07, 6.45) is 1.18. The van der Waals surface area contributed by atoms with Gasteiger partial charge in [-0.25, -0.2) is 0 Å². The first kappa shape index (κ1) is 15.3. The highest BCUT2D eigenvalue weighted by Gasteiger charge is 2.26. The number of aryl methyl sites for hydroxylation is 1. The highest BCUT2D eigenvalue weighted by Crippen LogP contribution is 2.21. The largest absolute Gasteiger partial charge is 0.381 e. The van der Waals surface area contributed by atoms with Crippen LogP contribution in [0.5, 0.6) is 0 Å². The second kappa shape index (κ2) is 7.65. The van der Waals surface area contributed by atoms with Gasteiger partial charge >= 0.3 is 0 Å². The molecule has 0 amide bonds. The lowest BCUT2D eigenvalue weighted by Crippen LogP contribution is -2.46. The van der Waals surface area contributed by atoms with Gasteiger partial charge in [0.1, 0.15) is 0 Å². The van der Waals surface area contributed by atoms with Gasteiger partial charge in [0.2, 0.25) is 0 Å². The number of rotatable bonds is 7. The van der Waals surface area contributed by atoms with Crippen LogP contribution in [0, 0.1) is 12.8 Å². The van der Waals surface area contributed by atoms with E-state index in [-0.39, 0.29) is 0 Å². The van der Waals surface area contributed by atoms with E-state index in [1.165, 1.54) is 17.7 Å². The number of anilines is 1. The lowest BCUT2D eigenvalue weighted by Gasteiger charge is -2.32. The van der Waals surface area contributed by atoms with Crippen LogP contribution in [0.4, 0.5) is 5.69 Å². The molecule has 3 nitrogen and oxygen atoms in total. The molecule has 2 rings (SSSR count). The van der Waals surface area contributed by atoms with Gasteiger partial charge < -0.3 is 15.0 Å². The van der Waals surface area contributed by atoms with E-state index < -0.39 is 0 Å². The summed E-state index contributed by atoms with van der Waals surface area (Å²) in [5.41, 5.74) is 2.65. The Labute approximate surface area is 123 Å². The molecule has 0 aliphatic carbocycles. The van der Waals surface area contributed by atoms with Crippen LogP contribution < -0.4 is 10.2 Å². The van der Waals surface area contributed by atoms with Crippen molar-refractivity contribution in [3.8, 4) is 0 Å². The van der Waals surface area contributed by atoms with Crippen LogP contribution in [0.25, 0.3) is 0 Å². The van der Waals surface area contributed by atoms with Crippen molar-refractivity contribution in [2.24, 2.45) is 5.92 Å². The van der Waals surface area contributed by atoms with E-state index in [0.29, 0.717) is 12.0 Å². The molecule has 0 radical (unpaired) electrons. The molecule has 2 unspecified atom stereocenters. The lowest BCUT2D eigenvalue weighted by atomic mass is 9.98. The predicted octanol–water partition coefficient (Wildman–Crippen LogP) is 2.84. The summed E-state index contributed by atoms with van der Waals surface area (Å²) in [5, 5.41) is 3.65. The van der Waals surface area contributed by atoms with Gasteiger partial charge in [0, 0.05) is 37.3 Å². The quantitative estimate of drug-likeness (QED) is 0.829. The zero-order valence-electron chi connectivity index (χ0n) is 13.1. The fraction of sp³-hybridized carbons (Fsp3) is 0.647. The molecule has 2 atom stereocenters. The maximum atomic E-state index is 5.57. The van der Waals surface area contributed by atoms with Crippen molar-refractivity contribution in [1.29, 1.82) is 0 Å². The Bertz CT molecular complexity index is 402. The molecule has 0 spiro atoms. The molecule has 1 saturated heterocycles. The van der Waals surface area contributed by atoms with E-state index in [4.69, 9.17) is 4.74 Å². The van der Waals surface area contributed by atoms with Gasteiger partial charge in [-0.3, -0.25) is 0 Å². The van der Waals surface area contributed by atoms with Crippen molar-refractivity contribution in [3.05, 3.63) is 29.8 Å². The van der Waals surface area contributed by atoms with Crippen molar-refractivity contribution in [3.63, 3.8) is 0 Å². The van der Waals surface area contributed by atoms with Gasteiger partial charge in [-0.15, -0.1) is 0 Å². The number of hydrogen-bond donors (Lipinski definition) is 1. The third kappa shape index (κ3) is 3.97. The fourth-order valence-corrected chi connectivity index (χ4v) is 2.99. The number of ether oxygens (including phenoxy) is 1. The normalized spacial score (nSPS) is 20.1. The summed E-state index contributed by atoms with van der Waals surface area (Å²) in [5.74, 6) is 0.647. The van der Waals surface area contributed by atoms with E-state index in [1.807, 2.05) is 0 Å². The second-order valence-corrected chi connectivity index (χ2v) is 5.67. The van der Waals surface area contributed by atoms with Gasteiger partial charge in [0.05, 0.1) is 6.61 Å². The number of likely N-dealkylation sites (N-methyl/N-ethyl adjacent to an activating group) is 2. The first-order chi connectivity index (χ1) is 9.74. The second-order valence-electron chi connectivity index (χ2n) is 5.67. The highest BCUT2D eigenvalue weighted by atomic mass is 16.5. The third-order valence-electron chi connectivity index (χ3n) is 4.17. The molecule has 3 heteroatoms. The first-order valence-corrected chi connectivity index (χ1v) is 7.87. The SMILES string of the molecule is CCNC(CN(CC)c1cccc(C)c1)C1CCOC1. The van der Waals surface area contributed by atoms with E-state index in [1.54, 1.807) is 0 Å². The Morgan fingerprint density at radius 1 is 1.40 bits per heavy atom. The molecule has 1 fully saturated rings. The molecular weight excluding hydrogens is 248 g/mol. The summed E-state index contributed by atoms with van der Waals surface area (Å²) in [6, 6.07) is 9.31. The highest BCUT2D eigenvalue weighted by molar-refractivity contribution is 5.48. The zero-order valence-corrected chi connectivity index (χ0v) is 13.1. The Kier molecular flexibility index (Phi) is 5.86. The summed E-state index contributed by atoms with van der Waals surface area (Å²) >= 11 is 0. The van der Waals surface area contributed by atoms with Crippen LogP contribution in [-0.4, -0.2) is 38.9 Å². The number of hydrogen-bond acceptors (Lipinski definition) is 3. The van der Waals surface area contributed by atoms with E-state index in [2.05, 4.69) is 55.3 Å². The molecule has 1 N–H and O–H groups in total. The van der Waals surface area contributed by atoms with Gasteiger partial charge in [-0.05, 0) is 44.5 Å². The number of nitrogens with zero attached hydrogens (tertiary/aromatic N) is 1. The van der Waals surface area contributed by atoms with E-state index in [9.17, 15) is 0 Å². The monoisotopic (exact) mass is 276 g/mol. The summed E-state index contributed by atoms with van der Waals surface area (Å²) in [4.78, 5) is 2.47. The van der Waals surface area contributed by atoms with Crippen LogP contribution >= 0.6 is 0 Å². The first-order valence-electron chi connectivity index (χ1n) is 7.87. The minimum atomic E-state index is 0.517. The lowest BCUT2D eigenvalue weighted by molar-refractivity contribution is 0.177. The van der Waals surface area contributed by atoms with Crippen molar-refractivity contribution < 1.29 is 4.74 Å². The molecule has 0 saturated carbocycles. The molecule has 1 aliphatic rings. The summed E-state index contributed by atoms with van der Waals surface area (Å²) < 4.78 is 5.57. The fourth-order valence-electron chi connectivity index (χ4n) is 2.99. The van der Waals surface area contributed by atoms with Gasteiger partial charge in [0.15, 0.2) is 0 Å². The molecule has 0 aromatic heterocycles. The summed E-state index contributed by atoms with van der Waals surface area (Å²) in [7, 11) is 0. The molecule has 1 aromatic carbocycles. The van der Waals surface area contributed by atoms with Crippen molar-refractivity contribution >= 4 is 5.69 Å². The maximum Gasteiger partial charge on any atom is 0.0510 e. The smallest absolute Gasteiger partial charge is 0.0510 e. The zero-order chi connectivity index (χ0) is 14.4. The van der Waals surface area contributed by atoms with Gasteiger partial charge in [0.25, 0.3) is 0 Å². The molecule has 112 valence electrons. The maximum absolute atomic E-state index is 5.57. The van der Waals surface area contributed by atoms with Crippen LogP contribution in [0.2, 0.25) is 0 Å².